The molecule has 0 aliphatic carbocycles. The molecule has 0 atom stereocenters. The fraction of sp³-hybridized carbons (Fsp3) is 0.231. The SMILES string of the molecule is Cc1cccc2c(N3CCC(=O)NC3=O)c[nH]c12. The van der Waals surface area contributed by atoms with E-state index in [1.54, 1.807) is 4.90 Å². The summed E-state index contributed by atoms with van der Waals surface area (Å²) in [5, 5.41) is 3.33. The Bertz CT molecular complexity index is 645. The number of aromatic amines is 1. The Morgan fingerprint density at radius 2 is 2.11 bits per heavy atom. The van der Waals surface area contributed by atoms with Crippen LogP contribution in [0.1, 0.15) is 12.0 Å². The second-order valence-electron chi connectivity index (χ2n) is 4.43. The highest BCUT2D eigenvalue weighted by molar-refractivity contribution is 6.10. The fourth-order valence-electron chi connectivity index (χ4n) is 2.31. The summed E-state index contributed by atoms with van der Waals surface area (Å²) in [6.07, 6.45) is 2.15. The van der Waals surface area contributed by atoms with Gasteiger partial charge in [0.15, 0.2) is 0 Å². The molecule has 0 bridgehead atoms. The first kappa shape index (κ1) is 10.8. The van der Waals surface area contributed by atoms with Crippen molar-refractivity contribution in [1.82, 2.24) is 10.3 Å². The summed E-state index contributed by atoms with van der Waals surface area (Å²) < 4.78 is 0. The van der Waals surface area contributed by atoms with Gasteiger partial charge in [0.2, 0.25) is 5.91 Å². The molecular formula is C13H13N3O2. The summed E-state index contributed by atoms with van der Waals surface area (Å²) in [7, 11) is 0. The number of rotatable bonds is 1. The molecule has 5 heteroatoms. The van der Waals surface area contributed by atoms with E-state index < -0.39 is 0 Å². The van der Waals surface area contributed by atoms with Crippen LogP contribution in [0, 0.1) is 6.92 Å². The molecule has 0 saturated carbocycles. The van der Waals surface area contributed by atoms with Gasteiger partial charge in [0.25, 0.3) is 0 Å². The summed E-state index contributed by atoms with van der Waals surface area (Å²) in [5.74, 6) is -0.215. The van der Waals surface area contributed by atoms with Crippen LogP contribution in [-0.4, -0.2) is 23.5 Å². The predicted octanol–water partition coefficient (Wildman–Crippen LogP) is 1.92. The number of anilines is 1. The lowest BCUT2D eigenvalue weighted by Gasteiger charge is -2.25. The smallest absolute Gasteiger partial charge is 0.328 e. The molecule has 1 aliphatic heterocycles. The largest absolute Gasteiger partial charge is 0.359 e. The van der Waals surface area contributed by atoms with Crippen molar-refractivity contribution in [1.29, 1.82) is 0 Å². The molecule has 3 rings (SSSR count). The Balaban J connectivity index is 2.07. The van der Waals surface area contributed by atoms with E-state index in [1.807, 2.05) is 31.3 Å². The number of hydrogen-bond acceptors (Lipinski definition) is 2. The molecule has 2 aromatic rings. The lowest BCUT2D eigenvalue weighted by molar-refractivity contribution is -0.120. The molecule has 3 amide bonds. The van der Waals surface area contributed by atoms with Crippen molar-refractivity contribution < 1.29 is 9.59 Å². The zero-order chi connectivity index (χ0) is 12.7. The molecular weight excluding hydrogens is 230 g/mol. The number of hydrogen-bond donors (Lipinski definition) is 2. The molecule has 1 aromatic carbocycles. The highest BCUT2D eigenvalue weighted by Gasteiger charge is 2.26. The second kappa shape index (κ2) is 3.87. The van der Waals surface area contributed by atoms with E-state index >= 15 is 0 Å². The van der Waals surface area contributed by atoms with Gasteiger partial charge >= 0.3 is 6.03 Å². The molecule has 92 valence electrons. The molecule has 2 heterocycles. The van der Waals surface area contributed by atoms with Crippen LogP contribution >= 0.6 is 0 Å². The van der Waals surface area contributed by atoms with Gasteiger partial charge in [-0.3, -0.25) is 15.0 Å². The number of nitrogens with one attached hydrogen (secondary N) is 2. The van der Waals surface area contributed by atoms with E-state index in [1.165, 1.54) is 0 Å². The molecule has 1 saturated heterocycles. The van der Waals surface area contributed by atoms with E-state index in [0.29, 0.717) is 13.0 Å². The zero-order valence-corrected chi connectivity index (χ0v) is 9.99. The minimum Gasteiger partial charge on any atom is -0.359 e. The van der Waals surface area contributed by atoms with Crippen LogP contribution in [0.5, 0.6) is 0 Å². The Morgan fingerprint density at radius 3 is 2.89 bits per heavy atom. The molecule has 1 fully saturated rings. The first-order valence-corrected chi connectivity index (χ1v) is 5.85. The minimum absolute atomic E-state index is 0.215. The first-order chi connectivity index (χ1) is 8.66. The number of urea groups is 1. The van der Waals surface area contributed by atoms with Crippen LogP contribution in [0.3, 0.4) is 0 Å². The van der Waals surface area contributed by atoms with Crippen molar-refractivity contribution in [3.8, 4) is 0 Å². The van der Waals surface area contributed by atoms with Gasteiger partial charge in [0.1, 0.15) is 0 Å². The van der Waals surface area contributed by atoms with Gasteiger partial charge in [-0.15, -0.1) is 0 Å². The maximum atomic E-state index is 11.8. The summed E-state index contributed by atoms with van der Waals surface area (Å²) in [6, 6.07) is 5.59. The normalized spacial score (nSPS) is 16.2. The van der Waals surface area contributed by atoms with Gasteiger partial charge in [-0.2, -0.15) is 0 Å². The third-order valence-corrected chi connectivity index (χ3v) is 3.25. The number of H-pyrrole nitrogens is 1. The van der Waals surface area contributed by atoms with E-state index in [9.17, 15) is 9.59 Å². The molecule has 1 aromatic heterocycles. The average Bonchev–Trinajstić information content (AvgIpc) is 2.74. The van der Waals surface area contributed by atoms with Gasteiger partial charge in [0.05, 0.1) is 11.2 Å². The quantitative estimate of drug-likeness (QED) is 0.803. The number of para-hydroxylation sites is 1. The van der Waals surface area contributed by atoms with Gasteiger partial charge in [-0.1, -0.05) is 18.2 Å². The number of fused-ring (bicyclic) bond motifs is 1. The first-order valence-electron chi connectivity index (χ1n) is 5.85. The molecule has 2 N–H and O–H groups in total. The van der Waals surface area contributed by atoms with Crippen molar-refractivity contribution in [2.24, 2.45) is 0 Å². The monoisotopic (exact) mass is 243 g/mol. The molecule has 0 spiro atoms. The number of aryl methyl sites for hydroxylation is 1. The number of nitrogens with zero attached hydrogens (tertiary/aromatic N) is 1. The third kappa shape index (κ3) is 1.55. The van der Waals surface area contributed by atoms with E-state index in [0.717, 1.165) is 22.2 Å². The average molecular weight is 243 g/mol. The molecule has 0 unspecified atom stereocenters. The van der Waals surface area contributed by atoms with Crippen molar-refractivity contribution >= 4 is 28.5 Å². The van der Waals surface area contributed by atoms with Gasteiger partial charge in [0, 0.05) is 24.5 Å². The minimum atomic E-state index is -0.353. The van der Waals surface area contributed by atoms with Crippen LogP contribution in [-0.2, 0) is 4.79 Å². The summed E-state index contributed by atoms with van der Waals surface area (Å²) >= 11 is 0. The second-order valence-corrected chi connectivity index (χ2v) is 4.43. The zero-order valence-electron chi connectivity index (χ0n) is 9.99. The maximum Gasteiger partial charge on any atom is 0.328 e. The Labute approximate surface area is 104 Å². The number of benzene rings is 1. The van der Waals surface area contributed by atoms with E-state index in [-0.39, 0.29) is 11.9 Å². The number of imide groups is 1. The maximum absolute atomic E-state index is 11.8. The van der Waals surface area contributed by atoms with Crippen molar-refractivity contribution in [3.05, 3.63) is 30.0 Å². The summed E-state index contributed by atoms with van der Waals surface area (Å²) in [6.45, 7) is 2.44. The van der Waals surface area contributed by atoms with Crippen LogP contribution < -0.4 is 10.2 Å². The fourth-order valence-corrected chi connectivity index (χ4v) is 2.31. The standard InChI is InChI=1S/C13H13N3O2/c1-8-3-2-4-9-10(7-14-12(8)9)16-6-5-11(17)15-13(16)18/h2-4,7,14H,5-6H2,1H3,(H,15,17,18). The number of aromatic nitrogens is 1. The number of carbonyl (C=O) groups excluding carboxylic acids is 2. The van der Waals surface area contributed by atoms with E-state index in [4.69, 9.17) is 0 Å². The lowest BCUT2D eigenvalue weighted by Crippen LogP contribution is -2.49. The Morgan fingerprint density at radius 1 is 1.28 bits per heavy atom. The van der Waals surface area contributed by atoms with Crippen LogP contribution in [0.15, 0.2) is 24.4 Å². The Kier molecular flexibility index (Phi) is 2.33. The van der Waals surface area contributed by atoms with E-state index in [2.05, 4.69) is 10.3 Å². The summed E-state index contributed by atoms with van der Waals surface area (Å²) in [4.78, 5) is 27.7. The highest BCUT2D eigenvalue weighted by atomic mass is 16.2. The van der Waals surface area contributed by atoms with Gasteiger partial charge in [-0.05, 0) is 12.5 Å². The van der Waals surface area contributed by atoms with Crippen LogP contribution in [0.4, 0.5) is 10.5 Å². The van der Waals surface area contributed by atoms with Crippen molar-refractivity contribution in [2.45, 2.75) is 13.3 Å². The lowest BCUT2D eigenvalue weighted by atomic mass is 10.1. The number of amides is 3. The molecule has 18 heavy (non-hydrogen) atoms. The molecule has 5 nitrogen and oxygen atoms in total. The van der Waals surface area contributed by atoms with Crippen molar-refractivity contribution in [2.75, 3.05) is 11.4 Å². The topological polar surface area (TPSA) is 65.2 Å². The van der Waals surface area contributed by atoms with Gasteiger partial charge < -0.3 is 4.98 Å². The van der Waals surface area contributed by atoms with Crippen molar-refractivity contribution in [3.63, 3.8) is 0 Å². The van der Waals surface area contributed by atoms with Gasteiger partial charge in [-0.25, -0.2) is 4.79 Å². The predicted molar refractivity (Wildman–Crippen MR) is 68.5 cm³/mol. The number of carbonyl (C=O) groups is 2. The molecule has 1 aliphatic rings. The highest BCUT2D eigenvalue weighted by Crippen LogP contribution is 2.29. The van der Waals surface area contributed by atoms with Crippen LogP contribution in [0.2, 0.25) is 0 Å². The Hall–Kier alpha value is -2.30. The molecule has 0 radical (unpaired) electrons. The summed E-state index contributed by atoms with van der Waals surface area (Å²) in [5.41, 5.74) is 2.98. The van der Waals surface area contributed by atoms with Crippen LogP contribution in [0.25, 0.3) is 10.9 Å². The third-order valence-electron chi connectivity index (χ3n) is 3.25.